The Morgan fingerprint density at radius 1 is 0.373 bits per heavy atom. The topological polar surface area (TPSA) is 38.7 Å². The second kappa shape index (κ2) is 11.4. The Balaban J connectivity index is 1.12. The van der Waals surface area contributed by atoms with Crippen LogP contribution in [0, 0.1) is 0 Å². The summed E-state index contributed by atoms with van der Waals surface area (Å²) in [5, 5.41) is 0. The minimum Gasteiger partial charge on any atom is -0.208 e. The van der Waals surface area contributed by atoms with Gasteiger partial charge in [0.15, 0.2) is 17.5 Å². The van der Waals surface area contributed by atoms with Crippen molar-refractivity contribution < 1.29 is 0 Å². The van der Waals surface area contributed by atoms with Crippen molar-refractivity contribution >= 4 is 0 Å². The molecule has 0 radical (unpaired) electrons. The van der Waals surface area contributed by atoms with E-state index in [-0.39, 0.29) is 10.8 Å². The van der Waals surface area contributed by atoms with Gasteiger partial charge in [-0.2, -0.15) is 0 Å². The summed E-state index contributed by atoms with van der Waals surface area (Å²) in [5.74, 6) is 2.05. The Labute approximate surface area is 300 Å². The lowest BCUT2D eigenvalue weighted by Crippen LogP contribution is -2.28. The van der Waals surface area contributed by atoms with Gasteiger partial charge in [0, 0.05) is 27.5 Å². The molecule has 0 amide bonds. The van der Waals surface area contributed by atoms with E-state index in [4.69, 9.17) is 15.0 Å². The second-order valence-electron chi connectivity index (χ2n) is 15.1. The van der Waals surface area contributed by atoms with Crippen molar-refractivity contribution in [2.45, 2.75) is 56.8 Å². The van der Waals surface area contributed by atoms with Gasteiger partial charge in [0.25, 0.3) is 0 Å². The van der Waals surface area contributed by atoms with E-state index < -0.39 is 0 Å². The minimum atomic E-state index is -0.116. The van der Waals surface area contributed by atoms with E-state index in [0.717, 1.165) is 16.7 Å². The summed E-state index contributed by atoms with van der Waals surface area (Å²) in [6.07, 6.45) is 6.37. The first-order chi connectivity index (χ1) is 25.0. The van der Waals surface area contributed by atoms with Crippen molar-refractivity contribution in [3.63, 3.8) is 0 Å². The van der Waals surface area contributed by atoms with Gasteiger partial charge in [-0.3, -0.25) is 0 Å². The molecule has 0 N–H and O–H groups in total. The van der Waals surface area contributed by atoms with Crippen LogP contribution in [0.4, 0.5) is 0 Å². The number of nitrogens with zero attached hydrogens (tertiary/aromatic N) is 3. The number of hydrogen-bond donors (Lipinski definition) is 0. The molecule has 3 nitrogen and oxygen atoms in total. The van der Waals surface area contributed by atoms with E-state index in [1.54, 1.807) is 0 Å². The Morgan fingerprint density at radius 3 is 1.57 bits per heavy atom. The molecule has 0 unspecified atom stereocenters. The average Bonchev–Trinajstić information content (AvgIpc) is 3.58. The predicted molar refractivity (Wildman–Crippen MR) is 208 cm³/mol. The number of hydrogen-bond acceptors (Lipinski definition) is 3. The van der Waals surface area contributed by atoms with Crippen molar-refractivity contribution in [1.82, 2.24) is 15.0 Å². The Morgan fingerprint density at radius 2 is 0.863 bits per heavy atom. The van der Waals surface area contributed by atoms with Gasteiger partial charge in [-0.05, 0) is 86.7 Å². The van der Waals surface area contributed by atoms with Crippen molar-refractivity contribution in [1.29, 1.82) is 0 Å². The maximum atomic E-state index is 5.15. The molecule has 1 heterocycles. The highest BCUT2D eigenvalue weighted by Gasteiger charge is 2.46. The van der Waals surface area contributed by atoms with Crippen LogP contribution < -0.4 is 0 Å². The van der Waals surface area contributed by atoms with E-state index in [2.05, 4.69) is 129 Å². The third kappa shape index (κ3) is 4.68. The van der Waals surface area contributed by atoms with Gasteiger partial charge in [0.1, 0.15) is 0 Å². The maximum Gasteiger partial charge on any atom is 0.164 e. The molecule has 1 spiro atoms. The number of fused-ring (bicyclic) bond motifs is 8. The van der Waals surface area contributed by atoms with Crippen LogP contribution in [0.2, 0.25) is 0 Å². The lowest BCUT2D eigenvalue weighted by Gasteiger charge is -2.36. The monoisotopic (exact) mass is 657 g/mol. The SMILES string of the molecule is CC1(C)c2ccc(-c3nc(-c4ccccc4)nc(-c4ccc(-c5ccccc5)cc4)n3)cc2-c2cc3c(cc21)-c1ccccc1C31CCCCC1. The van der Waals surface area contributed by atoms with Gasteiger partial charge in [0.2, 0.25) is 0 Å². The predicted octanol–water partition coefficient (Wildman–Crippen LogP) is 12.1. The average molecular weight is 658 g/mol. The zero-order valence-electron chi connectivity index (χ0n) is 29.2. The number of aromatic nitrogens is 3. The van der Waals surface area contributed by atoms with E-state index in [0.29, 0.717) is 17.5 Å². The molecule has 1 aromatic heterocycles. The molecule has 7 aromatic rings. The first kappa shape index (κ1) is 30.2. The van der Waals surface area contributed by atoms with Gasteiger partial charge < -0.3 is 0 Å². The van der Waals surface area contributed by atoms with Crippen LogP contribution in [0.15, 0.2) is 140 Å². The van der Waals surface area contributed by atoms with Crippen LogP contribution in [-0.4, -0.2) is 15.0 Å². The minimum absolute atomic E-state index is 0.116. The highest BCUT2D eigenvalue weighted by molar-refractivity contribution is 5.91. The highest BCUT2D eigenvalue weighted by atomic mass is 15.0. The first-order valence-electron chi connectivity index (χ1n) is 18.4. The van der Waals surface area contributed by atoms with Crippen molar-refractivity contribution in [3.8, 4) is 67.5 Å². The van der Waals surface area contributed by atoms with Crippen molar-refractivity contribution in [2.75, 3.05) is 0 Å². The fourth-order valence-corrected chi connectivity index (χ4v) is 9.32. The summed E-state index contributed by atoms with van der Waals surface area (Å²) in [5.41, 5.74) is 16.7. The number of benzene rings is 6. The van der Waals surface area contributed by atoms with Crippen LogP contribution in [0.3, 0.4) is 0 Å². The fourth-order valence-electron chi connectivity index (χ4n) is 9.32. The normalized spacial score (nSPS) is 16.0. The molecule has 0 bridgehead atoms. The Kier molecular flexibility index (Phi) is 6.76. The molecule has 3 heteroatoms. The third-order valence-corrected chi connectivity index (χ3v) is 11.9. The van der Waals surface area contributed by atoms with Crippen LogP contribution in [0.5, 0.6) is 0 Å². The van der Waals surface area contributed by atoms with Gasteiger partial charge in [-0.1, -0.05) is 154 Å². The molecule has 0 saturated heterocycles. The second-order valence-corrected chi connectivity index (χ2v) is 15.1. The largest absolute Gasteiger partial charge is 0.208 e. The zero-order chi connectivity index (χ0) is 34.2. The lowest BCUT2D eigenvalue weighted by molar-refractivity contribution is 0.353. The smallest absolute Gasteiger partial charge is 0.164 e. The van der Waals surface area contributed by atoms with E-state index in [9.17, 15) is 0 Å². The molecule has 1 fully saturated rings. The summed E-state index contributed by atoms with van der Waals surface area (Å²) in [6, 6.07) is 50.5. The highest BCUT2D eigenvalue weighted by Crippen LogP contribution is 2.59. The molecular formula is C48H39N3. The molecule has 51 heavy (non-hydrogen) atoms. The number of rotatable bonds is 4. The molecule has 3 aliphatic rings. The van der Waals surface area contributed by atoms with Crippen LogP contribution in [-0.2, 0) is 10.8 Å². The summed E-state index contributed by atoms with van der Waals surface area (Å²) in [6.45, 7) is 4.77. The van der Waals surface area contributed by atoms with Gasteiger partial charge in [-0.15, -0.1) is 0 Å². The zero-order valence-corrected chi connectivity index (χ0v) is 29.2. The third-order valence-electron chi connectivity index (χ3n) is 11.9. The van der Waals surface area contributed by atoms with Crippen molar-refractivity contribution in [3.05, 3.63) is 162 Å². The molecule has 246 valence electrons. The van der Waals surface area contributed by atoms with Crippen LogP contribution in [0.25, 0.3) is 67.5 Å². The van der Waals surface area contributed by atoms with Crippen LogP contribution in [0.1, 0.15) is 68.2 Å². The van der Waals surface area contributed by atoms with Gasteiger partial charge in [0.05, 0.1) is 0 Å². The Hall–Kier alpha value is -5.67. The molecule has 0 atom stereocenters. The first-order valence-corrected chi connectivity index (χ1v) is 18.4. The molecule has 6 aromatic carbocycles. The fraction of sp³-hybridized carbons (Fsp3) is 0.188. The maximum absolute atomic E-state index is 5.15. The lowest BCUT2D eigenvalue weighted by atomic mass is 9.67. The van der Waals surface area contributed by atoms with Crippen molar-refractivity contribution in [2.24, 2.45) is 0 Å². The van der Waals surface area contributed by atoms with E-state index in [1.165, 1.54) is 87.7 Å². The van der Waals surface area contributed by atoms with Crippen LogP contribution >= 0.6 is 0 Å². The summed E-state index contributed by atoms with van der Waals surface area (Å²) < 4.78 is 0. The van der Waals surface area contributed by atoms with Gasteiger partial charge >= 0.3 is 0 Å². The molecule has 1 saturated carbocycles. The summed E-state index contributed by atoms with van der Waals surface area (Å²) in [4.78, 5) is 15.3. The molecule has 3 aliphatic carbocycles. The van der Waals surface area contributed by atoms with E-state index >= 15 is 0 Å². The van der Waals surface area contributed by atoms with E-state index in [1.807, 2.05) is 24.3 Å². The standard InChI is InChI=1S/C48H39N3/c1-47(2)40-25-24-35(28-37(40)39-30-43-38(29-42(39)47)36-18-10-11-19-41(36)48(43)26-12-5-13-27-48)46-50-44(33-16-8-4-9-17-33)49-45(51-46)34-22-20-32(21-23-34)31-14-6-3-7-15-31/h3-4,6-11,14-25,28-30H,5,12-13,26-27H2,1-2H3. The quantitative estimate of drug-likeness (QED) is 0.189. The van der Waals surface area contributed by atoms with Gasteiger partial charge in [-0.25, -0.2) is 15.0 Å². The summed E-state index contributed by atoms with van der Waals surface area (Å²) >= 11 is 0. The molecular weight excluding hydrogens is 619 g/mol. The molecule has 0 aliphatic heterocycles. The summed E-state index contributed by atoms with van der Waals surface area (Å²) in [7, 11) is 0. The Bertz CT molecular complexity index is 2450. The molecule has 10 rings (SSSR count).